The zero-order valence-electron chi connectivity index (χ0n) is 20.9. The van der Waals surface area contributed by atoms with Crippen LogP contribution in [0.5, 0.6) is 5.75 Å². The Hall–Kier alpha value is -4.58. The van der Waals surface area contributed by atoms with E-state index in [4.69, 9.17) is 9.15 Å². The third kappa shape index (κ3) is 4.66. The number of carbonyl (C=O) groups is 2. The molecule has 1 aromatic heterocycles. The molecule has 6 heteroatoms. The van der Waals surface area contributed by atoms with Gasteiger partial charge in [-0.1, -0.05) is 42.5 Å². The maximum absolute atomic E-state index is 13.3. The average molecular weight is 494 g/mol. The van der Waals surface area contributed by atoms with Crippen molar-refractivity contribution in [3.8, 4) is 5.75 Å². The highest BCUT2D eigenvalue weighted by Crippen LogP contribution is 2.43. The molecule has 0 saturated carbocycles. The minimum atomic E-state index is -0.898. The SMILES string of the molecule is Cc1cccc(N2C(=O)C(=O)/C(=C(\O)c3ccc(OCc4ccccc4)c(C)c3)C2c2ccc(C)o2)c1. The average Bonchev–Trinajstić information content (AvgIpc) is 3.43. The molecule has 3 aromatic carbocycles. The standard InChI is InChI=1S/C31H27NO5/c1-19-8-7-11-24(16-19)32-28(26-14-12-21(3)37-26)27(30(34)31(32)35)29(33)23-13-15-25(20(2)17-23)36-18-22-9-5-4-6-10-22/h4-17,28,33H,18H2,1-3H3/b29-27-. The van der Waals surface area contributed by atoms with E-state index >= 15 is 0 Å². The van der Waals surface area contributed by atoms with Crippen molar-refractivity contribution >= 4 is 23.1 Å². The van der Waals surface area contributed by atoms with Gasteiger partial charge in [0.25, 0.3) is 11.7 Å². The van der Waals surface area contributed by atoms with Crippen molar-refractivity contribution < 1.29 is 23.8 Å². The van der Waals surface area contributed by atoms with Gasteiger partial charge >= 0.3 is 0 Å². The molecule has 0 bridgehead atoms. The number of aliphatic hydroxyl groups excluding tert-OH is 1. The van der Waals surface area contributed by atoms with Gasteiger partial charge < -0.3 is 14.3 Å². The second-order valence-corrected chi connectivity index (χ2v) is 9.21. The molecule has 5 rings (SSSR count). The summed E-state index contributed by atoms with van der Waals surface area (Å²) >= 11 is 0. The lowest BCUT2D eigenvalue weighted by Gasteiger charge is -2.23. The minimum absolute atomic E-state index is 0.0155. The van der Waals surface area contributed by atoms with E-state index in [0.29, 0.717) is 35.1 Å². The highest BCUT2D eigenvalue weighted by Gasteiger charge is 2.48. The van der Waals surface area contributed by atoms with Crippen LogP contribution in [-0.4, -0.2) is 16.8 Å². The summed E-state index contributed by atoms with van der Waals surface area (Å²) in [6.45, 7) is 5.98. The summed E-state index contributed by atoms with van der Waals surface area (Å²) in [5.74, 6) is -0.0326. The molecule has 186 valence electrons. The molecule has 1 saturated heterocycles. The van der Waals surface area contributed by atoms with Gasteiger partial charge in [-0.2, -0.15) is 0 Å². The zero-order valence-corrected chi connectivity index (χ0v) is 20.9. The molecule has 1 aliphatic heterocycles. The lowest BCUT2D eigenvalue weighted by Crippen LogP contribution is -2.29. The fraction of sp³-hybridized carbons (Fsp3) is 0.161. The number of nitrogens with zero attached hydrogens (tertiary/aromatic N) is 1. The highest BCUT2D eigenvalue weighted by molar-refractivity contribution is 6.51. The molecule has 1 N–H and O–H groups in total. The molecule has 1 amide bonds. The van der Waals surface area contributed by atoms with Gasteiger partial charge in [0.2, 0.25) is 0 Å². The van der Waals surface area contributed by atoms with Crippen LogP contribution in [0.1, 0.15) is 39.8 Å². The molecule has 2 heterocycles. The van der Waals surface area contributed by atoms with Gasteiger partial charge in [0, 0.05) is 11.3 Å². The summed E-state index contributed by atoms with van der Waals surface area (Å²) in [5, 5.41) is 11.4. The minimum Gasteiger partial charge on any atom is -0.507 e. The normalized spacial score (nSPS) is 16.8. The second-order valence-electron chi connectivity index (χ2n) is 9.21. The summed E-state index contributed by atoms with van der Waals surface area (Å²) in [6, 6.07) is 25.0. The van der Waals surface area contributed by atoms with Gasteiger partial charge in [-0.3, -0.25) is 14.5 Å². The van der Waals surface area contributed by atoms with Crippen molar-refractivity contribution in [2.24, 2.45) is 0 Å². The van der Waals surface area contributed by atoms with E-state index in [2.05, 4.69) is 0 Å². The molecule has 1 unspecified atom stereocenters. The van der Waals surface area contributed by atoms with E-state index in [0.717, 1.165) is 16.7 Å². The predicted molar refractivity (Wildman–Crippen MR) is 141 cm³/mol. The lowest BCUT2D eigenvalue weighted by molar-refractivity contribution is -0.132. The van der Waals surface area contributed by atoms with Gasteiger partial charge in [-0.15, -0.1) is 0 Å². The topological polar surface area (TPSA) is 80.0 Å². The van der Waals surface area contributed by atoms with Crippen molar-refractivity contribution in [2.75, 3.05) is 4.90 Å². The van der Waals surface area contributed by atoms with E-state index in [-0.39, 0.29) is 11.3 Å². The first-order valence-electron chi connectivity index (χ1n) is 12.0. The molecular weight excluding hydrogens is 466 g/mol. The number of ketones is 1. The van der Waals surface area contributed by atoms with Crippen LogP contribution in [-0.2, 0) is 16.2 Å². The van der Waals surface area contributed by atoms with E-state index < -0.39 is 17.7 Å². The highest BCUT2D eigenvalue weighted by atomic mass is 16.5. The molecular formula is C31H27NO5. The Labute approximate surface area is 215 Å². The number of ether oxygens (including phenoxy) is 1. The van der Waals surface area contributed by atoms with Crippen molar-refractivity contribution in [1.82, 2.24) is 0 Å². The number of amides is 1. The predicted octanol–water partition coefficient (Wildman–Crippen LogP) is 6.41. The van der Waals surface area contributed by atoms with Crippen LogP contribution in [0.15, 0.2) is 94.9 Å². The Morgan fingerprint density at radius 3 is 2.38 bits per heavy atom. The zero-order chi connectivity index (χ0) is 26.1. The number of aryl methyl sites for hydroxylation is 3. The van der Waals surface area contributed by atoms with Crippen molar-refractivity contribution in [3.63, 3.8) is 0 Å². The maximum atomic E-state index is 13.3. The molecule has 1 aliphatic rings. The summed E-state index contributed by atoms with van der Waals surface area (Å²) < 4.78 is 11.8. The van der Waals surface area contributed by atoms with Crippen LogP contribution in [0.2, 0.25) is 0 Å². The number of furan rings is 1. The number of benzene rings is 3. The third-order valence-corrected chi connectivity index (χ3v) is 6.44. The Balaban J connectivity index is 1.55. The molecule has 6 nitrogen and oxygen atoms in total. The van der Waals surface area contributed by atoms with Crippen LogP contribution in [0.25, 0.3) is 5.76 Å². The number of aliphatic hydroxyl groups is 1. The maximum Gasteiger partial charge on any atom is 0.300 e. The second kappa shape index (κ2) is 9.82. The number of Topliss-reactive ketones (excluding diaryl/α,β-unsaturated/α-hetero) is 1. The molecule has 1 atom stereocenters. The monoisotopic (exact) mass is 493 g/mol. The first kappa shape index (κ1) is 24.1. The summed E-state index contributed by atoms with van der Waals surface area (Å²) in [4.78, 5) is 28.0. The largest absolute Gasteiger partial charge is 0.507 e. The fourth-order valence-electron chi connectivity index (χ4n) is 4.60. The molecule has 0 aliphatic carbocycles. The van der Waals surface area contributed by atoms with E-state index in [9.17, 15) is 14.7 Å². The Morgan fingerprint density at radius 1 is 0.919 bits per heavy atom. The van der Waals surface area contributed by atoms with Gasteiger partial charge in [0.1, 0.15) is 35.7 Å². The summed E-state index contributed by atoms with van der Waals surface area (Å²) in [6.07, 6.45) is 0. The van der Waals surface area contributed by atoms with Crippen LogP contribution >= 0.6 is 0 Å². The van der Waals surface area contributed by atoms with Crippen LogP contribution in [0, 0.1) is 20.8 Å². The number of hydrogen-bond donors (Lipinski definition) is 1. The first-order chi connectivity index (χ1) is 17.8. The summed E-state index contributed by atoms with van der Waals surface area (Å²) in [5.41, 5.74) is 3.73. The van der Waals surface area contributed by atoms with Crippen molar-refractivity contribution in [1.29, 1.82) is 0 Å². The molecule has 0 radical (unpaired) electrons. The van der Waals surface area contributed by atoms with Crippen LogP contribution in [0.4, 0.5) is 5.69 Å². The number of hydrogen-bond acceptors (Lipinski definition) is 5. The van der Waals surface area contributed by atoms with Gasteiger partial charge in [0.05, 0.1) is 5.57 Å². The van der Waals surface area contributed by atoms with Gasteiger partial charge in [-0.25, -0.2) is 0 Å². The molecule has 4 aromatic rings. The third-order valence-electron chi connectivity index (χ3n) is 6.44. The van der Waals surface area contributed by atoms with Crippen molar-refractivity contribution in [3.05, 3.63) is 124 Å². The Kier molecular flexibility index (Phi) is 6.40. The quantitative estimate of drug-likeness (QED) is 0.191. The van der Waals surface area contributed by atoms with Crippen LogP contribution in [0.3, 0.4) is 0 Å². The Bertz CT molecular complexity index is 1520. The first-order valence-corrected chi connectivity index (χ1v) is 12.0. The number of carbonyl (C=O) groups excluding carboxylic acids is 2. The molecule has 1 fully saturated rings. The van der Waals surface area contributed by atoms with Crippen molar-refractivity contribution in [2.45, 2.75) is 33.4 Å². The Morgan fingerprint density at radius 2 is 1.70 bits per heavy atom. The number of anilines is 1. The number of rotatable bonds is 6. The lowest BCUT2D eigenvalue weighted by atomic mass is 9.98. The van der Waals surface area contributed by atoms with E-state index in [1.165, 1.54) is 4.90 Å². The fourth-order valence-corrected chi connectivity index (χ4v) is 4.60. The smallest absolute Gasteiger partial charge is 0.300 e. The van der Waals surface area contributed by atoms with E-state index in [1.54, 1.807) is 43.3 Å². The van der Waals surface area contributed by atoms with E-state index in [1.807, 2.05) is 62.4 Å². The molecule has 0 spiro atoms. The summed E-state index contributed by atoms with van der Waals surface area (Å²) in [7, 11) is 0. The van der Waals surface area contributed by atoms with Gasteiger partial charge in [0.15, 0.2) is 0 Å². The van der Waals surface area contributed by atoms with Crippen LogP contribution < -0.4 is 9.64 Å². The molecule has 37 heavy (non-hydrogen) atoms. The van der Waals surface area contributed by atoms with Gasteiger partial charge in [-0.05, 0) is 79.9 Å².